The maximum Gasteiger partial charge on any atom is 0.315 e. The molecule has 2 rings (SSSR count). The Hall–Kier alpha value is -2.82. The first-order valence-corrected chi connectivity index (χ1v) is 6.81. The summed E-state index contributed by atoms with van der Waals surface area (Å²) in [5.74, 6) is -0.278. The lowest BCUT2D eigenvalue weighted by Crippen LogP contribution is -2.17. The summed E-state index contributed by atoms with van der Waals surface area (Å²) < 4.78 is 10.1. The topological polar surface area (TPSA) is 64.6 Å². The number of benzene rings is 2. The van der Waals surface area contributed by atoms with Gasteiger partial charge in [-0.1, -0.05) is 30.3 Å². The fourth-order valence-electron chi connectivity index (χ4n) is 1.78. The number of hydrogen-bond acceptors (Lipinski definition) is 4. The van der Waals surface area contributed by atoms with Crippen molar-refractivity contribution in [2.45, 2.75) is 13.0 Å². The van der Waals surface area contributed by atoms with Gasteiger partial charge in [-0.3, -0.25) is 9.59 Å². The van der Waals surface area contributed by atoms with Gasteiger partial charge >= 0.3 is 5.97 Å². The second-order valence-corrected chi connectivity index (χ2v) is 4.60. The van der Waals surface area contributed by atoms with Crippen LogP contribution in [0.3, 0.4) is 0 Å². The van der Waals surface area contributed by atoms with E-state index in [2.05, 4.69) is 10.1 Å². The highest BCUT2D eigenvalue weighted by Crippen LogP contribution is 2.17. The Bertz CT molecular complexity index is 623. The number of amides is 1. The van der Waals surface area contributed by atoms with Crippen LogP contribution in [0, 0.1) is 0 Å². The van der Waals surface area contributed by atoms with E-state index in [0.29, 0.717) is 18.0 Å². The second kappa shape index (κ2) is 7.83. The molecule has 0 radical (unpaired) electrons. The molecule has 0 aromatic heterocycles. The number of esters is 1. The predicted octanol–water partition coefficient (Wildman–Crippen LogP) is 2.77. The Kier molecular flexibility index (Phi) is 5.54. The third kappa shape index (κ3) is 4.94. The molecule has 0 bridgehead atoms. The molecule has 0 saturated carbocycles. The van der Waals surface area contributed by atoms with E-state index in [1.807, 2.05) is 30.3 Å². The number of methoxy groups -OCH3 is 1. The van der Waals surface area contributed by atoms with Crippen molar-refractivity contribution < 1.29 is 19.1 Å². The van der Waals surface area contributed by atoms with E-state index in [1.54, 1.807) is 24.3 Å². The standard InChI is InChI=1S/C17H17NO4/c1-21-17(20)11-16(19)18-14-7-9-15(10-8-14)22-12-13-5-3-2-4-6-13/h2-10H,11-12H2,1H3,(H,18,19). The Morgan fingerprint density at radius 1 is 1.00 bits per heavy atom. The molecule has 0 spiro atoms. The monoisotopic (exact) mass is 299 g/mol. The van der Waals surface area contributed by atoms with E-state index >= 15 is 0 Å². The minimum Gasteiger partial charge on any atom is -0.489 e. The first-order valence-electron chi connectivity index (χ1n) is 6.81. The van der Waals surface area contributed by atoms with Crippen LogP contribution in [0.15, 0.2) is 54.6 Å². The average Bonchev–Trinajstić information content (AvgIpc) is 2.55. The molecule has 1 amide bonds. The summed E-state index contributed by atoms with van der Waals surface area (Å²) in [6.07, 6.45) is -0.303. The Labute approximate surface area is 128 Å². The van der Waals surface area contributed by atoms with Crippen molar-refractivity contribution in [1.82, 2.24) is 0 Å². The van der Waals surface area contributed by atoms with Crippen molar-refractivity contribution >= 4 is 17.6 Å². The van der Waals surface area contributed by atoms with Gasteiger partial charge in [-0.25, -0.2) is 0 Å². The third-order valence-electron chi connectivity index (χ3n) is 2.92. The quantitative estimate of drug-likeness (QED) is 0.658. The van der Waals surface area contributed by atoms with E-state index in [0.717, 1.165) is 5.56 Å². The Morgan fingerprint density at radius 2 is 1.68 bits per heavy atom. The van der Waals surface area contributed by atoms with Crippen molar-refractivity contribution in [2.24, 2.45) is 0 Å². The minimum atomic E-state index is -0.569. The van der Waals surface area contributed by atoms with Gasteiger partial charge in [0.2, 0.25) is 5.91 Å². The lowest BCUT2D eigenvalue weighted by atomic mass is 10.2. The highest BCUT2D eigenvalue weighted by atomic mass is 16.5. The lowest BCUT2D eigenvalue weighted by Gasteiger charge is -2.08. The first kappa shape index (κ1) is 15.6. The highest BCUT2D eigenvalue weighted by Gasteiger charge is 2.09. The molecule has 0 aliphatic rings. The Balaban J connectivity index is 1.85. The zero-order valence-corrected chi connectivity index (χ0v) is 12.2. The Morgan fingerprint density at radius 3 is 2.32 bits per heavy atom. The first-order chi connectivity index (χ1) is 10.7. The smallest absolute Gasteiger partial charge is 0.315 e. The van der Waals surface area contributed by atoms with Crippen LogP contribution in [0.2, 0.25) is 0 Å². The summed E-state index contributed by atoms with van der Waals surface area (Å²) in [5, 5.41) is 2.61. The van der Waals surface area contributed by atoms with Crippen molar-refractivity contribution in [3.05, 3.63) is 60.2 Å². The summed E-state index contributed by atoms with van der Waals surface area (Å²) in [4.78, 5) is 22.5. The summed E-state index contributed by atoms with van der Waals surface area (Å²) in [5.41, 5.74) is 1.68. The number of hydrogen-bond donors (Lipinski definition) is 1. The van der Waals surface area contributed by atoms with Crippen LogP contribution >= 0.6 is 0 Å². The largest absolute Gasteiger partial charge is 0.489 e. The number of nitrogens with one attached hydrogen (secondary N) is 1. The average molecular weight is 299 g/mol. The van der Waals surface area contributed by atoms with E-state index in [-0.39, 0.29) is 6.42 Å². The molecule has 5 nitrogen and oxygen atoms in total. The van der Waals surface area contributed by atoms with E-state index in [9.17, 15) is 9.59 Å². The molecule has 2 aromatic carbocycles. The summed E-state index contributed by atoms with van der Waals surface area (Å²) in [7, 11) is 1.24. The van der Waals surface area contributed by atoms with Crippen LogP contribution in [-0.4, -0.2) is 19.0 Å². The second-order valence-electron chi connectivity index (χ2n) is 4.60. The van der Waals surface area contributed by atoms with Crippen LogP contribution in [0.4, 0.5) is 5.69 Å². The van der Waals surface area contributed by atoms with Crippen LogP contribution in [0.5, 0.6) is 5.75 Å². The van der Waals surface area contributed by atoms with Gasteiger partial charge < -0.3 is 14.8 Å². The van der Waals surface area contributed by atoms with Crippen molar-refractivity contribution in [3.63, 3.8) is 0 Å². The number of ether oxygens (including phenoxy) is 2. The van der Waals surface area contributed by atoms with E-state index in [4.69, 9.17) is 4.74 Å². The molecule has 0 fully saturated rings. The summed E-state index contributed by atoms with van der Waals surface area (Å²) >= 11 is 0. The van der Waals surface area contributed by atoms with E-state index in [1.165, 1.54) is 7.11 Å². The fraction of sp³-hybridized carbons (Fsp3) is 0.176. The molecular weight excluding hydrogens is 282 g/mol. The van der Waals surface area contributed by atoms with Crippen LogP contribution in [-0.2, 0) is 20.9 Å². The number of rotatable bonds is 6. The SMILES string of the molecule is COC(=O)CC(=O)Nc1ccc(OCc2ccccc2)cc1. The molecule has 0 unspecified atom stereocenters. The van der Waals surface area contributed by atoms with Gasteiger partial charge in [0.15, 0.2) is 0 Å². The summed E-state index contributed by atoms with van der Waals surface area (Å²) in [6, 6.07) is 16.8. The van der Waals surface area contributed by atoms with Gasteiger partial charge in [-0.2, -0.15) is 0 Å². The van der Waals surface area contributed by atoms with Gasteiger partial charge in [0, 0.05) is 5.69 Å². The molecular formula is C17H17NO4. The minimum absolute atomic E-state index is 0.303. The highest BCUT2D eigenvalue weighted by molar-refractivity contribution is 6.01. The maximum absolute atomic E-state index is 11.5. The van der Waals surface area contributed by atoms with Gasteiger partial charge in [-0.15, -0.1) is 0 Å². The van der Waals surface area contributed by atoms with Crippen molar-refractivity contribution in [1.29, 1.82) is 0 Å². The number of carbonyl (C=O) groups is 2. The zero-order chi connectivity index (χ0) is 15.8. The molecule has 5 heteroatoms. The zero-order valence-electron chi connectivity index (χ0n) is 12.2. The van der Waals surface area contributed by atoms with Gasteiger partial charge in [0.1, 0.15) is 18.8 Å². The molecule has 0 aliphatic heterocycles. The van der Waals surface area contributed by atoms with Gasteiger partial charge in [0.05, 0.1) is 7.11 Å². The molecule has 1 N–H and O–H groups in total. The molecule has 0 heterocycles. The fourth-order valence-corrected chi connectivity index (χ4v) is 1.78. The van der Waals surface area contributed by atoms with Gasteiger partial charge in [-0.05, 0) is 29.8 Å². The van der Waals surface area contributed by atoms with Gasteiger partial charge in [0.25, 0.3) is 0 Å². The molecule has 0 atom stereocenters. The molecule has 0 aliphatic carbocycles. The molecule has 114 valence electrons. The van der Waals surface area contributed by atoms with Crippen LogP contribution in [0.25, 0.3) is 0 Å². The number of carbonyl (C=O) groups excluding carboxylic acids is 2. The normalized spacial score (nSPS) is 9.86. The molecule has 2 aromatic rings. The number of anilines is 1. The molecule has 22 heavy (non-hydrogen) atoms. The van der Waals surface area contributed by atoms with Crippen molar-refractivity contribution in [2.75, 3.05) is 12.4 Å². The lowest BCUT2D eigenvalue weighted by molar-refractivity contribution is -0.142. The van der Waals surface area contributed by atoms with Crippen LogP contribution in [0.1, 0.15) is 12.0 Å². The maximum atomic E-state index is 11.5. The molecule has 0 saturated heterocycles. The van der Waals surface area contributed by atoms with Crippen molar-refractivity contribution in [3.8, 4) is 5.75 Å². The summed E-state index contributed by atoms with van der Waals surface area (Å²) in [6.45, 7) is 0.481. The third-order valence-corrected chi connectivity index (χ3v) is 2.92. The predicted molar refractivity (Wildman–Crippen MR) is 82.5 cm³/mol. The van der Waals surface area contributed by atoms with E-state index < -0.39 is 11.9 Å². The van der Waals surface area contributed by atoms with Crippen LogP contribution < -0.4 is 10.1 Å².